The predicted molar refractivity (Wildman–Crippen MR) is 101 cm³/mol. The van der Waals surface area contributed by atoms with Crippen molar-refractivity contribution < 1.29 is 0 Å². The van der Waals surface area contributed by atoms with Gasteiger partial charge in [0.1, 0.15) is 0 Å². The molecule has 0 aliphatic carbocycles. The molecule has 4 nitrogen and oxygen atoms in total. The Balaban J connectivity index is 0.00000100. The molecule has 0 unspecified atom stereocenters. The van der Waals surface area contributed by atoms with E-state index in [1.54, 1.807) is 6.20 Å². The van der Waals surface area contributed by atoms with E-state index in [0.29, 0.717) is 5.65 Å². The fourth-order valence-electron chi connectivity index (χ4n) is 2.70. The van der Waals surface area contributed by atoms with Crippen LogP contribution in [0.3, 0.4) is 0 Å². The molecule has 0 bridgehead atoms. The topological polar surface area (TPSA) is 54.5 Å². The number of aryl methyl sites for hydroxylation is 1. The van der Waals surface area contributed by atoms with E-state index in [0.717, 1.165) is 29.5 Å². The third-order valence-electron chi connectivity index (χ3n) is 3.65. The molecule has 2 heterocycles. The maximum Gasteiger partial charge on any atom is 0.224 e. The Kier molecular flexibility index (Phi) is 6.50. The second-order valence-electron chi connectivity index (χ2n) is 5.08. The molecule has 0 atom stereocenters. The molecule has 0 amide bonds. The van der Waals surface area contributed by atoms with E-state index in [2.05, 4.69) is 51.4 Å². The second kappa shape index (κ2) is 8.60. The standard InChI is InChI=1S/C17H17ClN4.C2H6/c1-3-7-11-8-5-6-9-13(11)12(4-2)15-14-10-19-22-16(14)21-17(18)20-15;1-2/h4-6,8-10H,3,7H2,1-2H3,(H,19,20,21,22);1-2H3/b12-4+;. The monoisotopic (exact) mass is 342 g/mol. The van der Waals surface area contributed by atoms with Gasteiger partial charge in [-0.15, -0.1) is 0 Å². The van der Waals surface area contributed by atoms with Crippen molar-refractivity contribution in [3.8, 4) is 0 Å². The minimum atomic E-state index is 0.221. The number of aromatic amines is 1. The summed E-state index contributed by atoms with van der Waals surface area (Å²) in [4.78, 5) is 8.62. The fraction of sp³-hybridized carbons (Fsp3) is 0.316. The molecule has 1 aromatic carbocycles. The molecule has 126 valence electrons. The zero-order valence-electron chi connectivity index (χ0n) is 14.6. The van der Waals surface area contributed by atoms with Crippen molar-refractivity contribution in [2.45, 2.75) is 40.5 Å². The number of benzene rings is 1. The largest absolute Gasteiger partial charge is 0.261 e. The molecule has 2 aromatic heterocycles. The number of H-pyrrole nitrogens is 1. The smallest absolute Gasteiger partial charge is 0.224 e. The number of halogens is 1. The van der Waals surface area contributed by atoms with E-state index in [-0.39, 0.29) is 5.28 Å². The molecule has 0 aliphatic rings. The summed E-state index contributed by atoms with van der Waals surface area (Å²) >= 11 is 6.07. The molecule has 0 spiro atoms. The third kappa shape index (κ3) is 3.65. The number of hydrogen-bond donors (Lipinski definition) is 1. The van der Waals surface area contributed by atoms with Crippen molar-refractivity contribution in [2.24, 2.45) is 0 Å². The SMILES string of the molecule is C/C=C(\c1ccccc1CCC)c1nc(Cl)nc2[nH]ncc12.CC. The number of aromatic nitrogens is 4. The summed E-state index contributed by atoms with van der Waals surface area (Å²) in [5.74, 6) is 0. The number of nitrogens with zero attached hydrogens (tertiary/aromatic N) is 3. The molecule has 0 radical (unpaired) electrons. The van der Waals surface area contributed by atoms with E-state index < -0.39 is 0 Å². The first kappa shape index (κ1) is 18.1. The first-order valence-corrected chi connectivity index (χ1v) is 8.74. The molecule has 5 heteroatoms. The molecule has 24 heavy (non-hydrogen) atoms. The summed E-state index contributed by atoms with van der Waals surface area (Å²) in [5, 5.41) is 8.02. The lowest BCUT2D eigenvalue weighted by atomic mass is 9.93. The summed E-state index contributed by atoms with van der Waals surface area (Å²) < 4.78 is 0. The van der Waals surface area contributed by atoms with Gasteiger partial charge in [-0.25, -0.2) is 4.98 Å². The Morgan fingerprint density at radius 2 is 1.96 bits per heavy atom. The van der Waals surface area contributed by atoms with Crippen molar-refractivity contribution in [2.75, 3.05) is 0 Å². The lowest BCUT2D eigenvalue weighted by Crippen LogP contribution is -1.99. The molecule has 0 aliphatic heterocycles. The Hall–Kier alpha value is -2.20. The van der Waals surface area contributed by atoms with Crippen LogP contribution in [0.5, 0.6) is 0 Å². The molecule has 0 fully saturated rings. The highest BCUT2D eigenvalue weighted by molar-refractivity contribution is 6.28. The van der Waals surface area contributed by atoms with Crippen LogP contribution >= 0.6 is 11.6 Å². The van der Waals surface area contributed by atoms with Crippen molar-refractivity contribution >= 4 is 28.2 Å². The van der Waals surface area contributed by atoms with E-state index in [1.807, 2.05) is 26.8 Å². The van der Waals surface area contributed by atoms with E-state index in [9.17, 15) is 0 Å². The van der Waals surface area contributed by atoms with Crippen LogP contribution < -0.4 is 0 Å². The molecule has 3 aromatic rings. The predicted octanol–water partition coefficient (Wildman–Crippen LogP) is 5.44. The maximum atomic E-state index is 6.07. The number of hydrogen-bond acceptors (Lipinski definition) is 3. The molecule has 3 rings (SSSR count). The minimum Gasteiger partial charge on any atom is -0.261 e. The van der Waals surface area contributed by atoms with Gasteiger partial charge in [0.2, 0.25) is 5.28 Å². The average Bonchev–Trinajstić information content (AvgIpc) is 3.07. The Morgan fingerprint density at radius 3 is 2.67 bits per heavy atom. The van der Waals surface area contributed by atoms with Crippen LogP contribution in [0.4, 0.5) is 0 Å². The Labute approximate surface area is 148 Å². The summed E-state index contributed by atoms with van der Waals surface area (Å²) in [5.41, 5.74) is 5.02. The normalized spacial score (nSPS) is 11.3. The molecule has 0 saturated carbocycles. The summed E-state index contributed by atoms with van der Waals surface area (Å²) in [7, 11) is 0. The van der Waals surface area contributed by atoms with Crippen LogP contribution in [0.15, 0.2) is 36.5 Å². The van der Waals surface area contributed by atoms with Gasteiger partial charge < -0.3 is 0 Å². The van der Waals surface area contributed by atoms with Crippen molar-refractivity contribution in [1.82, 2.24) is 20.2 Å². The van der Waals surface area contributed by atoms with Crippen LogP contribution in [0, 0.1) is 0 Å². The van der Waals surface area contributed by atoms with Gasteiger partial charge in [0, 0.05) is 5.57 Å². The van der Waals surface area contributed by atoms with Crippen molar-refractivity contribution in [3.05, 3.63) is 58.6 Å². The zero-order chi connectivity index (χ0) is 17.5. The third-order valence-corrected chi connectivity index (χ3v) is 3.82. The van der Waals surface area contributed by atoms with E-state index in [1.165, 1.54) is 11.1 Å². The van der Waals surface area contributed by atoms with E-state index >= 15 is 0 Å². The lowest BCUT2D eigenvalue weighted by molar-refractivity contribution is 0.918. The van der Waals surface area contributed by atoms with Gasteiger partial charge in [0.15, 0.2) is 5.65 Å². The Bertz CT molecular complexity index is 836. The van der Waals surface area contributed by atoms with Gasteiger partial charge in [0.05, 0.1) is 17.3 Å². The zero-order valence-corrected chi connectivity index (χ0v) is 15.4. The maximum absolute atomic E-state index is 6.07. The van der Waals surface area contributed by atoms with Crippen LogP contribution in [-0.2, 0) is 6.42 Å². The highest BCUT2D eigenvalue weighted by Gasteiger charge is 2.15. The van der Waals surface area contributed by atoms with Crippen LogP contribution in [0.25, 0.3) is 16.6 Å². The second-order valence-corrected chi connectivity index (χ2v) is 5.42. The lowest BCUT2D eigenvalue weighted by Gasteiger charge is -2.13. The molecular formula is C19H23ClN4. The first-order chi connectivity index (χ1) is 11.7. The molecular weight excluding hydrogens is 320 g/mol. The molecule has 0 saturated heterocycles. The fourth-order valence-corrected chi connectivity index (χ4v) is 2.87. The minimum absolute atomic E-state index is 0.221. The summed E-state index contributed by atoms with van der Waals surface area (Å²) in [6.45, 7) is 8.20. The highest BCUT2D eigenvalue weighted by Crippen LogP contribution is 2.30. The summed E-state index contributed by atoms with van der Waals surface area (Å²) in [6.07, 6.45) is 5.94. The van der Waals surface area contributed by atoms with Crippen LogP contribution in [-0.4, -0.2) is 20.2 Å². The number of allylic oxidation sites excluding steroid dienone is 1. The quantitative estimate of drug-likeness (QED) is 0.642. The van der Waals surface area contributed by atoms with Gasteiger partial charge in [-0.3, -0.25) is 5.10 Å². The summed E-state index contributed by atoms with van der Waals surface area (Å²) in [6, 6.07) is 8.41. The van der Waals surface area contributed by atoms with E-state index in [4.69, 9.17) is 11.6 Å². The van der Waals surface area contributed by atoms with Crippen LogP contribution in [0.2, 0.25) is 5.28 Å². The van der Waals surface area contributed by atoms with Crippen molar-refractivity contribution in [3.63, 3.8) is 0 Å². The van der Waals surface area contributed by atoms with Gasteiger partial charge >= 0.3 is 0 Å². The van der Waals surface area contributed by atoms with Gasteiger partial charge in [-0.05, 0) is 36.1 Å². The Morgan fingerprint density at radius 1 is 1.21 bits per heavy atom. The van der Waals surface area contributed by atoms with Gasteiger partial charge in [-0.1, -0.05) is 57.5 Å². The highest BCUT2D eigenvalue weighted by atomic mass is 35.5. The number of fused-ring (bicyclic) bond motifs is 1. The van der Waals surface area contributed by atoms with Gasteiger partial charge in [-0.2, -0.15) is 10.1 Å². The first-order valence-electron chi connectivity index (χ1n) is 8.36. The number of nitrogens with one attached hydrogen (secondary N) is 1. The molecule has 1 N–H and O–H groups in total. The average molecular weight is 343 g/mol. The van der Waals surface area contributed by atoms with Crippen LogP contribution in [0.1, 0.15) is 50.9 Å². The number of rotatable bonds is 4. The van der Waals surface area contributed by atoms with Crippen molar-refractivity contribution in [1.29, 1.82) is 0 Å². The van der Waals surface area contributed by atoms with Gasteiger partial charge in [0.25, 0.3) is 0 Å².